The van der Waals surface area contributed by atoms with E-state index in [-0.39, 0.29) is 17.6 Å². The van der Waals surface area contributed by atoms with Gasteiger partial charge in [-0.2, -0.15) is 0 Å². The Morgan fingerprint density at radius 1 is 1.06 bits per heavy atom. The summed E-state index contributed by atoms with van der Waals surface area (Å²) in [6.45, 7) is 8.75. The van der Waals surface area contributed by atoms with Crippen LogP contribution in [0.4, 0.5) is 0 Å². The highest BCUT2D eigenvalue weighted by atomic mass is 35.5. The van der Waals surface area contributed by atoms with Crippen LogP contribution in [-0.4, -0.2) is 16.1 Å². The van der Waals surface area contributed by atoms with E-state index in [1.807, 2.05) is 30.3 Å². The van der Waals surface area contributed by atoms with Crippen LogP contribution in [0.5, 0.6) is 5.75 Å². The first kappa shape index (κ1) is 23.8. The number of aryl methyl sites for hydroxylation is 1. The molecule has 4 nitrogen and oxygen atoms in total. The molecule has 0 saturated carbocycles. The van der Waals surface area contributed by atoms with Crippen molar-refractivity contribution in [2.24, 2.45) is 0 Å². The van der Waals surface area contributed by atoms with Crippen LogP contribution < -0.4 is 4.74 Å². The van der Waals surface area contributed by atoms with Gasteiger partial charge in [-0.3, -0.25) is 4.98 Å². The smallest absolute Gasteiger partial charge is 0.337 e. The number of pyridine rings is 1. The first-order valence-corrected chi connectivity index (χ1v) is 11.4. The second kappa shape index (κ2) is 10.2. The molecule has 0 amide bonds. The van der Waals surface area contributed by atoms with Gasteiger partial charge in [0, 0.05) is 16.3 Å². The number of halogens is 1. The lowest BCUT2D eigenvalue weighted by molar-refractivity contribution is 0.0693. The van der Waals surface area contributed by atoms with Gasteiger partial charge in [0.1, 0.15) is 12.4 Å². The molecule has 3 aromatic rings. The number of aromatic nitrogens is 1. The molecule has 0 bridgehead atoms. The van der Waals surface area contributed by atoms with E-state index in [1.165, 1.54) is 5.56 Å². The fourth-order valence-corrected chi connectivity index (χ4v) is 3.77. The number of hydrogen-bond acceptors (Lipinski definition) is 3. The Balaban J connectivity index is 1.92. The number of hydrogen-bond donors (Lipinski definition) is 1. The summed E-state index contributed by atoms with van der Waals surface area (Å²) in [7, 11) is 0. The average Bonchev–Trinajstić information content (AvgIpc) is 2.78. The zero-order valence-corrected chi connectivity index (χ0v) is 19.9. The Hall–Kier alpha value is -2.85. The van der Waals surface area contributed by atoms with Gasteiger partial charge in [0.2, 0.25) is 0 Å². The molecule has 0 unspecified atom stereocenters. The van der Waals surface area contributed by atoms with Crippen LogP contribution >= 0.6 is 11.6 Å². The van der Waals surface area contributed by atoms with E-state index in [2.05, 4.69) is 39.8 Å². The summed E-state index contributed by atoms with van der Waals surface area (Å²) in [5, 5.41) is 10.4. The Bertz CT molecular complexity index is 1090. The third-order valence-corrected chi connectivity index (χ3v) is 6.16. The Morgan fingerprint density at radius 2 is 1.78 bits per heavy atom. The van der Waals surface area contributed by atoms with E-state index < -0.39 is 5.97 Å². The lowest BCUT2D eigenvalue weighted by atomic mass is 9.82. The maximum absolute atomic E-state index is 12.0. The number of ether oxygens (including phenoxy) is 1. The first-order chi connectivity index (χ1) is 15.2. The van der Waals surface area contributed by atoms with Crippen molar-refractivity contribution < 1.29 is 14.6 Å². The summed E-state index contributed by atoms with van der Waals surface area (Å²) in [4.78, 5) is 16.7. The first-order valence-electron chi connectivity index (χ1n) is 11.0. The fraction of sp³-hybridized carbons (Fsp3) is 0.333. The van der Waals surface area contributed by atoms with Crippen molar-refractivity contribution in [3.05, 3.63) is 82.1 Å². The van der Waals surface area contributed by atoms with Crippen LogP contribution in [0.15, 0.2) is 54.6 Å². The van der Waals surface area contributed by atoms with Gasteiger partial charge >= 0.3 is 5.97 Å². The van der Waals surface area contributed by atoms with Gasteiger partial charge in [-0.05, 0) is 59.7 Å². The average molecular weight is 452 g/mol. The molecule has 3 rings (SSSR count). The van der Waals surface area contributed by atoms with Gasteiger partial charge in [0.25, 0.3) is 0 Å². The predicted molar refractivity (Wildman–Crippen MR) is 130 cm³/mol. The molecule has 0 aliphatic rings. The number of benzene rings is 2. The normalized spacial score (nSPS) is 11.4. The van der Waals surface area contributed by atoms with Gasteiger partial charge in [-0.25, -0.2) is 4.79 Å². The standard InChI is InChI=1S/C27H30ClNO3/c1-5-8-24-22(18-9-7-10-20(28)15-18)16-23(26(30)31)25(29-24)17-32-21-13-11-19(12-14-21)27(3,4)6-2/h7,9-16H,5-6,8,17H2,1-4H3,(H,30,31). The molecule has 0 saturated heterocycles. The summed E-state index contributed by atoms with van der Waals surface area (Å²) < 4.78 is 5.94. The van der Waals surface area contributed by atoms with Crippen LogP contribution in [0.1, 0.15) is 67.8 Å². The van der Waals surface area contributed by atoms with Crippen molar-refractivity contribution in [2.45, 2.75) is 59.0 Å². The Morgan fingerprint density at radius 3 is 2.38 bits per heavy atom. The molecule has 0 aliphatic carbocycles. The molecule has 1 aromatic heterocycles. The number of carboxylic acids is 1. The summed E-state index contributed by atoms with van der Waals surface area (Å²) >= 11 is 6.17. The zero-order valence-electron chi connectivity index (χ0n) is 19.1. The zero-order chi connectivity index (χ0) is 23.3. The fourth-order valence-electron chi connectivity index (χ4n) is 3.58. The SMILES string of the molecule is CCCc1nc(COc2ccc(C(C)(C)CC)cc2)c(C(=O)O)cc1-c1cccc(Cl)c1. The number of aromatic carboxylic acids is 1. The molecule has 2 aromatic carbocycles. The molecule has 1 N–H and O–H groups in total. The van der Waals surface area contributed by atoms with Crippen LogP contribution in [0.25, 0.3) is 11.1 Å². The second-order valence-corrected chi connectivity index (χ2v) is 9.03. The third-order valence-electron chi connectivity index (χ3n) is 5.93. The molecule has 1 heterocycles. The molecule has 0 fully saturated rings. The number of carbonyl (C=O) groups is 1. The van der Waals surface area contributed by atoms with Crippen molar-refractivity contribution in [1.82, 2.24) is 4.98 Å². The topological polar surface area (TPSA) is 59.4 Å². The van der Waals surface area contributed by atoms with E-state index in [9.17, 15) is 9.90 Å². The molecule has 5 heteroatoms. The quantitative estimate of drug-likeness (QED) is 0.370. The van der Waals surface area contributed by atoms with E-state index in [0.717, 1.165) is 36.1 Å². The van der Waals surface area contributed by atoms with E-state index in [4.69, 9.17) is 21.3 Å². The summed E-state index contributed by atoms with van der Waals surface area (Å²) in [6, 6.07) is 17.1. The van der Waals surface area contributed by atoms with Crippen molar-refractivity contribution in [3.63, 3.8) is 0 Å². The largest absolute Gasteiger partial charge is 0.487 e. The summed E-state index contributed by atoms with van der Waals surface area (Å²) in [5.41, 5.74) is 4.40. The molecule has 0 spiro atoms. The highest BCUT2D eigenvalue weighted by molar-refractivity contribution is 6.30. The summed E-state index contributed by atoms with van der Waals surface area (Å²) in [5.74, 6) is -0.336. The Labute approximate surface area is 195 Å². The minimum absolute atomic E-state index is 0.0880. The number of nitrogens with zero attached hydrogens (tertiary/aromatic N) is 1. The van der Waals surface area contributed by atoms with Crippen molar-refractivity contribution in [3.8, 4) is 16.9 Å². The van der Waals surface area contributed by atoms with E-state index in [1.54, 1.807) is 12.1 Å². The predicted octanol–water partition coefficient (Wildman–Crippen LogP) is 7.32. The van der Waals surface area contributed by atoms with Crippen LogP contribution in [0.2, 0.25) is 5.02 Å². The number of rotatable bonds is 9. The van der Waals surface area contributed by atoms with Gasteiger partial charge in [0.15, 0.2) is 0 Å². The van der Waals surface area contributed by atoms with Crippen molar-refractivity contribution >= 4 is 17.6 Å². The maximum Gasteiger partial charge on any atom is 0.337 e. The van der Waals surface area contributed by atoms with Gasteiger partial charge in [-0.1, -0.05) is 70.0 Å². The van der Waals surface area contributed by atoms with Crippen LogP contribution in [0.3, 0.4) is 0 Å². The van der Waals surface area contributed by atoms with Crippen LogP contribution in [-0.2, 0) is 18.4 Å². The molecular weight excluding hydrogens is 422 g/mol. The summed E-state index contributed by atoms with van der Waals surface area (Å²) in [6.07, 6.45) is 2.66. The van der Waals surface area contributed by atoms with Gasteiger partial charge in [-0.15, -0.1) is 0 Å². The Kier molecular flexibility index (Phi) is 7.57. The van der Waals surface area contributed by atoms with Crippen LogP contribution in [0, 0.1) is 0 Å². The third kappa shape index (κ3) is 5.49. The molecule has 32 heavy (non-hydrogen) atoms. The maximum atomic E-state index is 12.0. The molecule has 0 atom stereocenters. The lowest BCUT2D eigenvalue weighted by Gasteiger charge is -2.23. The highest BCUT2D eigenvalue weighted by Gasteiger charge is 2.20. The van der Waals surface area contributed by atoms with Gasteiger partial charge < -0.3 is 9.84 Å². The molecule has 0 radical (unpaired) electrons. The number of carboxylic acid groups (broad SMARTS) is 1. The van der Waals surface area contributed by atoms with Gasteiger partial charge in [0.05, 0.1) is 11.3 Å². The molecular formula is C27H30ClNO3. The van der Waals surface area contributed by atoms with E-state index in [0.29, 0.717) is 16.5 Å². The lowest BCUT2D eigenvalue weighted by Crippen LogP contribution is -2.15. The monoisotopic (exact) mass is 451 g/mol. The second-order valence-electron chi connectivity index (χ2n) is 8.59. The highest BCUT2D eigenvalue weighted by Crippen LogP contribution is 2.30. The van der Waals surface area contributed by atoms with E-state index >= 15 is 0 Å². The minimum atomic E-state index is -1.03. The molecule has 0 aliphatic heterocycles. The van der Waals surface area contributed by atoms with Crippen molar-refractivity contribution in [1.29, 1.82) is 0 Å². The molecule has 168 valence electrons. The van der Waals surface area contributed by atoms with Crippen molar-refractivity contribution in [2.75, 3.05) is 0 Å². The minimum Gasteiger partial charge on any atom is -0.487 e.